The third kappa shape index (κ3) is 38.7. The summed E-state index contributed by atoms with van der Waals surface area (Å²) in [5.74, 6) is -0.135. The molecule has 0 aromatic carbocycles. The summed E-state index contributed by atoms with van der Waals surface area (Å²) in [6, 6.07) is 0. The Morgan fingerprint density at radius 2 is 0.826 bits per heavy atom. The van der Waals surface area contributed by atoms with Gasteiger partial charge >= 0.3 is 12.1 Å². The Balaban J connectivity index is 3.18. The average molecular weight is 664 g/mol. The number of hydrogen-bond acceptors (Lipinski definition) is 10. The van der Waals surface area contributed by atoms with Gasteiger partial charge in [-0.25, -0.2) is 4.79 Å². The van der Waals surface area contributed by atoms with Crippen LogP contribution in [-0.4, -0.2) is 110 Å². The van der Waals surface area contributed by atoms with Crippen molar-refractivity contribution in [1.82, 2.24) is 5.32 Å². The maximum Gasteiger partial charge on any atom is 0.407 e. The number of hydrogen-bond donors (Lipinski definition) is 1. The van der Waals surface area contributed by atoms with Crippen molar-refractivity contribution in [3.05, 3.63) is 0 Å². The van der Waals surface area contributed by atoms with E-state index in [1.54, 1.807) is 0 Å². The van der Waals surface area contributed by atoms with Crippen LogP contribution in [0.1, 0.15) is 118 Å². The van der Waals surface area contributed by atoms with Crippen molar-refractivity contribution < 1.29 is 47.5 Å². The lowest BCUT2D eigenvalue weighted by Gasteiger charge is -2.19. The molecule has 0 saturated carbocycles. The van der Waals surface area contributed by atoms with Crippen molar-refractivity contribution in [3.63, 3.8) is 0 Å². The van der Waals surface area contributed by atoms with Crippen LogP contribution in [0.2, 0.25) is 0 Å². The Hall–Kier alpha value is -1.50. The molecule has 0 fully saturated rings. The molecule has 1 amide bonds. The zero-order valence-electron chi connectivity index (χ0n) is 29.9. The lowest BCUT2D eigenvalue weighted by atomic mass is 10.0. The number of unbranched alkanes of at least 4 members (excludes halogenated alkanes) is 12. The van der Waals surface area contributed by atoms with Crippen molar-refractivity contribution >= 4 is 12.1 Å². The quantitative estimate of drug-likeness (QED) is 0.0584. The summed E-state index contributed by atoms with van der Waals surface area (Å²) in [5, 5.41) is 2.63. The number of carbonyl (C=O) groups excluding carboxylic acids is 2. The van der Waals surface area contributed by atoms with E-state index in [1.807, 2.05) is 20.8 Å². The Labute approximate surface area is 280 Å². The van der Waals surface area contributed by atoms with E-state index >= 15 is 0 Å². The van der Waals surface area contributed by atoms with Crippen LogP contribution >= 0.6 is 0 Å². The van der Waals surface area contributed by atoms with Crippen LogP contribution in [0.15, 0.2) is 0 Å². The standard InChI is InChI=1S/C35H69NO10/c1-5-6-7-8-9-10-11-12-13-14-15-16-17-18-33(37)45-32-31-44-30-29-43-28-27-42-26-25-41-24-23-40-22-21-39-20-19-36-34(38)46-35(2,3)4/h5-32H2,1-4H3,(H,36,38). The van der Waals surface area contributed by atoms with Gasteiger partial charge in [-0.05, 0) is 27.2 Å². The molecule has 11 heteroatoms. The first-order valence-corrected chi connectivity index (χ1v) is 17.9. The van der Waals surface area contributed by atoms with Gasteiger partial charge in [0.05, 0.1) is 79.3 Å². The molecule has 0 spiro atoms. The van der Waals surface area contributed by atoms with Gasteiger partial charge in [-0.3, -0.25) is 4.79 Å². The van der Waals surface area contributed by atoms with Crippen LogP contribution in [-0.2, 0) is 42.7 Å². The molecule has 0 bridgehead atoms. The number of carbonyl (C=O) groups is 2. The first-order chi connectivity index (χ1) is 22.3. The van der Waals surface area contributed by atoms with Gasteiger partial charge < -0.3 is 43.2 Å². The summed E-state index contributed by atoms with van der Waals surface area (Å²) in [5.41, 5.74) is -0.510. The largest absolute Gasteiger partial charge is 0.463 e. The van der Waals surface area contributed by atoms with E-state index in [9.17, 15) is 9.59 Å². The monoisotopic (exact) mass is 663 g/mol. The van der Waals surface area contributed by atoms with Crippen molar-refractivity contribution in [3.8, 4) is 0 Å². The Bertz CT molecular complexity index is 660. The number of amides is 1. The molecular weight excluding hydrogens is 594 g/mol. The van der Waals surface area contributed by atoms with Gasteiger partial charge in [-0.15, -0.1) is 0 Å². The van der Waals surface area contributed by atoms with Gasteiger partial charge in [0.2, 0.25) is 0 Å². The van der Waals surface area contributed by atoms with Crippen LogP contribution in [0, 0.1) is 0 Å². The number of ether oxygens (including phenoxy) is 8. The van der Waals surface area contributed by atoms with Gasteiger partial charge in [0.1, 0.15) is 12.2 Å². The average Bonchev–Trinajstić information content (AvgIpc) is 3.01. The van der Waals surface area contributed by atoms with E-state index in [0.29, 0.717) is 92.2 Å². The number of rotatable bonds is 35. The molecule has 0 aliphatic heterocycles. The fraction of sp³-hybridized carbons (Fsp3) is 0.943. The molecule has 11 nitrogen and oxygen atoms in total. The van der Waals surface area contributed by atoms with Crippen molar-refractivity contribution in [1.29, 1.82) is 0 Å². The first kappa shape index (κ1) is 44.5. The van der Waals surface area contributed by atoms with Crippen molar-refractivity contribution in [2.45, 2.75) is 123 Å². The summed E-state index contributed by atoms with van der Waals surface area (Å²) < 4.78 is 43.1. The molecule has 0 unspecified atom stereocenters. The molecular formula is C35H69NO10. The lowest BCUT2D eigenvalue weighted by molar-refractivity contribution is -0.145. The van der Waals surface area contributed by atoms with Gasteiger partial charge in [0, 0.05) is 13.0 Å². The summed E-state index contributed by atoms with van der Waals surface area (Å²) in [6.07, 6.45) is 16.9. The minimum Gasteiger partial charge on any atom is -0.463 e. The fourth-order valence-corrected chi connectivity index (χ4v) is 4.31. The van der Waals surface area contributed by atoms with Crippen LogP contribution in [0.4, 0.5) is 4.79 Å². The van der Waals surface area contributed by atoms with Crippen LogP contribution in [0.5, 0.6) is 0 Å². The minimum atomic E-state index is -0.510. The highest BCUT2D eigenvalue weighted by molar-refractivity contribution is 5.69. The molecule has 0 atom stereocenters. The van der Waals surface area contributed by atoms with Gasteiger partial charge in [-0.2, -0.15) is 0 Å². The minimum absolute atomic E-state index is 0.135. The third-order valence-corrected chi connectivity index (χ3v) is 6.75. The Morgan fingerprint density at radius 3 is 1.22 bits per heavy atom. The van der Waals surface area contributed by atoms with E-state index in [0.717, 1.165) is 12.8 Å². The topological polar surface area (TPSA) is 120 Å². The highest BCUT2D eigenvalue weighted by atomic mass is 16.6. The number of esters is 1. The van der Waals surface area contributed by atoms with E-state index in [4.69, 9.17) is 37.9 Å². The Kier molecular flexibility index (Phi) is 33.7. The molecule has 0 rings (SSSR count). The van der Waals surface area contributed by atoms with E-state index in [2.05, 4.69) is 12.2 Å². The highest BCUT2D eigenvalue weighted by Gasteiger charge is 2.15. The maximum absolute atomic E-state index is 11.8. The highest BCUT2D eigenvalue weighted by Crippen LogP contribution is 2.13. The van der Waals surface area contributed by atoms with Gasteiger partial charge in [-0.1, -0.05) is 84.0 Å². The molecule has 0 aromatic heterocycles. The maximum atomic E-state index is 11.8. The van der Waals surface area contributed by atoms with E-state index in [-0.39, 0.29) is 12.6 Å². The van der Waals surface area contributed by atoms with Crippen LogP contribution < -0.4 is 5.32 Å². The smallest absolute Gasteiger partial charge is 0.407 e. The molecule has 0 aromatic rings. The normalized spacial score (nSPS) is 11.6. The molecule has 274 valence electrons. The second-order valence-corrected chi connectivity index (χ2v) is 12.3. The molecule has 0 heterocycles. The van der Waals surface area contributed by atoms with Gasteiger partial charge in [0.25, 0.3) is 0 Å². The third-order valence-electron chi connectivity index (χ3n) is 6.75. The summed E-state index contributed by atoms with van der Waals surface area (Å²) >= 11 is 0. The lowest BCUT2D eigenvalue weighted by Crippen LogP contribution is -2.34. The second-order valence-electron chi connectivity index (χ2n) is 12.3. The van der Waals surface area contributed by atoms with Gasteiger partial charge in [0.15, 0.2) is 0 Å². The number of nitrogens with one attached hydrogen (secondary N) is 1. The van der Waals surface area contributed by atoms with Crippen LogP contribution in [0.25, 0.3) is 0 Å². The molecule has 1 N–H and O–H groups in total. The summed E-state index contributed by atoms with van der Waals surface area (Å²) in [6.45, 7) is 13.9. The molecule has 0 radical (unpaired) electrons. The molecule has 0 saturated heterocycles. The summed E-state index contributed by atoms with van der Waals surface area (Å²) in [4.78, 5) is 23.3. The van der Waals surface area contributed by atoms with Crippen molar-refractivity contribution in [2.24, 2.45) is 0 Å². The Morgan fingerprint density at radius 1 is 0.478 bits per heavy atom. The molecule has 0 aliphatic rings. The molecule has 0 aliphatic carbocycles. The second kappa shape index (κ2) is 34.8. The SMILES string of the molecule is CCCCCCCCCCCCCCCC(=O)OCCOCCOCCOCCOCCOCCOCCNC(=O)OC(C)(C)C. The predicted octanol–water partition coefficient (Wildman–Crippen LogP) is 6.64. The van der Waals surface area contributed by atoms with E-state index < -0.39 is 11.7 Å². The van der Waals surface area contributed by atoms with Crippen molar-refractivity contribution in [2.75, 3.05) is 92.4 Å². The van der Waals surface area contributed by atoms with Crippen LogP contribution in [0.3, 0.4) is 0 Å². The first-order valence-electron chi connectivity index (χ1n) is 17.9. The molecule has 46 heavy (non-hydrogen) atoms. The summed E-state index contributed by atoms with van der Waals surface area (Å²) in [7, 11) is 0. The number of alkyl carbamates (subject to hydrolysis) is 1. The fourth-order valence-electron chi connectivity index (χ4n) is 4.31. The zero-order chi connectivity index (χ0) is 33.8. The predicted molar refractivity (Wildman–Crippen MR) is 180 cm³/mol. The zero-order valence-corrected chi connectivity index (χ0v) is 29.9. The van der Waals surface area contributed by atoms with E-state index in [1.165, 1.54) is 70.6 Å².